The van der Waals surface area contributed by atoms with E-state index in [-0.39, 0.29) is 38.4 Å². The predicted octanol–water partition coefficient (Wildman–Crippen LogP) is 1.28. The molecule has 47 heavy (non-hydrogen) atoms. The second-order valence-electron chi connectivity index (χ2n) is 14.2. The highest BCUT2D eigenvalue weighted by Gasteiger charge is 2.51. The Morgan fingerprint density at radius 3 is 2.21 bits per heavy atom. The lowest BCUT2D eigenvalue weighted by molar-refractivity contribution is -0.298. The molecule has 0 aromatic rings. The van der Waals surface area contributed by atoms with Crippen LogP contribution in [0.1, 0.15) is 74.7 Å². The average molecular weight is 679 g/mol. The van der Waals surface area contributed by atoms with E-state index in [0.717, 1.165) is 0 Å². The largest absolute Gasteiger partial charge is 0.459 e. The van der Waals surface area contributed by atoms with Crippen LogP contribution < -0.4 is 0 Å². The van der Waals surface area contributed by atoms with Gasteiger partial charge in [0.1, 0.15) is 17.8 Å². The van der Waals surface area contributed by atoms with E-state index in [1.165, 1.54) is 13.8 Å². The Morgan fingerprint density at radius 2 is 1.64 bits per heavy atom. The van der Waals surface area contributed by atoms with E-state index in [4.69, 9.17) is 28.5 Å². The molecule has 2 saturated heterocycles. The number of carbonyl (C=O) groups excluding carboxylic acids is 1. The number of methoxy groups -OCH3 is 1. The van der Waals surface area contributed by atoms with E-state index in [1.54, 1.807) is 41.7 Å². The standard InChI is InChI=1S/C33H62N2O12/c1-12-24-33(8,41)28(38)20(4)25(34-44-17-43-14-13-42-11)18(2)16-32(7,40)29(21(5)26(36)22(6)30(39)46-24)47-31-27(37)23(35(9)10)15-19(3)45-31/h18-24,26-29,31,36-38,40-41H,12-17H2,1-11H3/b34-25+/t18-,19?,20-,21+,22+,23?,24-,26+,27?,28+,29-,31?,32+,33?/m0/s1. The first-order valence-electron chi connectivity index (χ1n) is 16.7. The van der Waals surface area contributed by atoms with Gasteiger partial charge in [0.2, 0.25) is 6.79 Å². The summed E-state index contributed by atoms with van der Waals surface area (Å²) in [6, 6.07) is -0.289. The molecule has 0 aromatic heterocycles. The maximum atomic E-state index is 13.4. The van der Waals surface area contributed by atoms with Crippen LogP contribution in [0.5, 0.6) is 0 Å². The summed E-state index contributed by atoms with van der Waals surface area (Å²) in [6.45, 7) is 13.5. The summed E-state index contributed by atoms with van der Waals surface area (Å²) >= 11 is 0. The van der Waals surface area contributed by atoms with Gasteiger partial charge >= 0.3 is 5.97 Å². The number of likely N-dealkylation sites (N-methyl/N-ethyl adjacent to an activating group) is 1. The van der Waals surface area contributed by atoms with Crippen molar-refractivity contribution in [3.63, 3.8) is 0 Å². The topological polar surface area (TPSA) is 189 Å². The Kier molecular flexibility index (Phi) is 16.0. The van der Waals surface area contributed by atoms with Gasteiger partial charge in [0.25, 0.3) is 0 Å². The third kappa shape index (κ3) is 10.5. The molecule has 0 aliphatic carbocycles. The molecule has 5 unspecified atom stereocenters. The number of cyclic esters (lactones) is 1. The Balaban J connectivity index is 2.61. The van der Waals surface area contributed by atoms with Crippen molar-refractivity contribution in [3.05, 3.63) is 0 Å². The zero-order valence-electron chi connectivity index (χ0n) is 30.2. The molecular formula is C33H62N2O12. The van der Waals surface area contributed by atoms with Crippen molar-refractivity contribution in [2.75, 3.05) is 41.2 Å². The van der Waals surface area contributed by atoms with Crippen molar-refractivity contribution >= 4 is 11.7 Å². The normalized spacial score (nSPS) is 43.9. The summed E-state index contributed by atoms with van der Waals surface area (Å²) in [4.78, 5) is 20.8. The second kappa shape index (κ2) is 18.0. The van der Waals surface area contributed by atoms with Gasteiger partial charge in [0.05, 0.1) is 54.9 Å². The summed E-state index contributed by atoms with van der Waals surface area (Å²) in [5.41, 5.74) is -3.32. The lowest BCUT2D eigenvalue weighted by Crippen LogP contribution is -2.60. The van der Waals surface area contributed by atoms with Gasteiger partial charge in [-0.1, -0.05) is 32.9 Å². The molecule has 14 nitrogen and oxygen atoms in total. The number of hydrogen-bond acceptors (Lipinski definition) is 14. The minimum atomic E-state index is -1.91. The van der Waals surface area contributed by atoms with Crippen LogP contribution in [0.25, 0.3) is 0 Å². The monoisotopic (exact) mass is 678 g/mol. The number of hydrogen-bond donors (Lipinski definition) is 5. The lowest BCUT2D eigenvalue weighted by Gasteiger charge is -2.47. The number of esters is 1. The first-order chi connectivity index (χ1) is 21.8. The van der Waals surface area contributed by atoms with Gasteiger partial charge in [-0.05, 0) is 61.1 Å². The molecule has 14 atom stereocenters. The molecule has 2 fully saturated rings. The highest BCUT2D eigenvalue weighted by atomic mass is 16.7. The fourth-order valence-electron chi connectivity index (χ4n) is 6.93. The maximum Gasteiger partial charge on any atom is 0.311 e. The van der Waals surface area contributed by atoms with Crippen LogP contribution in [0.3, 0.4) is 0 Å². The quantitative estimate of drug-likeness (QED) is 0.0963. The van der Waals surface area contributed by atoms with Crippen molar-refractivity contribution in [1.82, 2.24) is 4.90 Å². The highest BCUT2D eigenvalue weighted by Crippen LogP contribution is 2.38. The van der Waals surface area contributed by atoms with Crippen LogP contribution >= 0.6 is 0 Å². The molecule has 0 amide bonds. The molecule has 276 valence electrons. The average Bonchev–Trinajstić information content (AvgIpc) is 3.00. The number of ether oxygens (including phenoxy) is 5. The van der Waals surface area contributed by atoms with Gasteiger partial charge in [-0.3, -0.25) is 4.79 Å². The van der Waals surface area contributed by atoms with Gasteiger partial charge < -0.3 is 59.0 Å². The van der Waals surface area contributed by atoms with Gasteiger partial charge in [-0.15, -0.1) is 0 Å². The summed E-state index contributed by atoms with van der Waals surface area (Å²) in [6.07, 6.45) is -6.88. The molecule has 2 rings (SSSR count). The molecule has 0 saturated carbocycles. The van der Waals surface area contributed by atoms with Gasteiger partial charge in [0.15, 0.2) is 6.29 Å². The van der Waals surface area contributed by atoms with Crippen LogP contribution in [-0.4, -0.2) is 143 Å². The Hall–Kier alpha value is -1.46. The third-order valence-corrected chi connectivity index (χ3v) is 9.85. The molecule has 2 heterocycles. The summed E-state index contributed by atoms with van der Waals surface area (Å²) in [5.74, 6) is -4.17. The number of oxime groups is 1. The summed E-state index contributed by atoms with van der Waals surface area (Å²) in [7, 11) is 5.25. The Morgan fingerprint density at radius 1 is 1.00 bits per heavy atom. The van der Waals surface area contributed by atoms with Crippen molar-refractivity contribution in [1.29, 1.82) is 0 Å². The number of nitrogens with zero attached hydrogens (tertiary/aromatic N) is 2. The molecule has 0 radical (unpaired) electrons. The number of aliphatic hydroxyl groups excluding tert-OH is 3. The fourth-order valence-corrected chi connectivity index (χ4v) is 6.93. The zero-order valence-corrected chi connectivity index (χ0v) is 30.2. The fraction of sp³-hybridized carbons (Fsp3) is 0.939. The van der Waals surface area contributed by atoms with E-state index < -0.39 is 77.7 Å². The first-order valence-corrected chi connectivity index (χ1v) is 16.7. The van der Waals surface area contributed by atoms with Crippen LogP contribution in [0.4, 0.5) is 0 Å². The molecule has 0 aromatic carbocycles. The van der Waals surface area contributed by atoms with E-state index in [0.29, 0.717) is 18.7 Å². The minimum Gasteiger partial charge on any atom is -0.459 e. The molecule has 5 N–H and O–H groups in total. The molecule has 14 heteroatoms. The molecule has 0 bridgehead atoms. The third-order valence-electron chi connectivity index (χ3n) is 9.85. The summed E-state index contributed by atoms with van der Waals surface area (Å²) < 4.78 is 28.5. The van der Waals surface area contributed by atoms with Crippen molar-refractivity contribution in [2.24, 2.45) is 28.8 Å². The maximum absolute atomic E-state index is 13.4. The van der Waals surface area contributed by atoms with E-state index in [2.05, 4.69) is 5.16 Å². The van der Waals surface area contributed by atoms with E-state index >= 15 is 0 Å². The molecular weight excluding hydrogens is 616 g/mol. The van der Waals surface area contributed by atoms with Crippen LogP contribution in [-0.2, 0) is 33.3 Å². The SMILES string of the molecule is CC[C@@H]1OC(=O)[C@H](C)[C@H](O)[C@@H](C)[C@H](OC2OC(C)CC(N(C)C)C2O)[C@](C)(O)C[C@H](C)/C(=N\OCOCCOC)[C@H](C)[C@@H](O)C1(C)O. The van der Waals surface area contributed by atoms with E-state index in [1.807, 2.05) is 25.9 Å². The highest BCUT2D eigenvalue weighted by molar-refractivity contribution is 5.88. The van der Waals surface area contributed by atoms with Crippen molar-refractivity contribution < 1.29 is 58.8 Å². The molecule has 2 aliphatic heterocycles. The number of rotatable bonds is 10. The first kappa shape index (κ1) is 41.7. The molecule has 0 spiro atoms. The van der Waals surface area contributed by atoms with Crippen molar-refractivity contribution in [2.45, 2.75) is 135 Å². The van der Waals surface area contributed by atoms with Gasteiger partial charge in [0, 0.05) is 30.9 Å². The smallest absolute Gasteiger partial charge is 0.311 e. The lowest BCUT2D eigenvalue weighted by atomic mass is 9.73. The Bertz CT molecular complexity index is 995. The van der Waals surface area contributed by atoms with Crippen LogP contribution in [0.2, 0.25) is 0 Å². The summed E-state index contributed by atoms with van der Waals surface area (Å²) in [5, 5.41) is 62.4. The molecule has 2 aliphatic rings. The Labute approximate surface area is 280 Å². The number of carbonyl (C=O) groups is 1. The predicted molar refractivity (Wildman–Crippen MR) is 173 cm³/mol. The van der Waals surface area contributed by atoms with Crippen LogP contribution in [0, 0.1) is 23.7 Å². The van der Waals surface area contributed by atoms with E-state index in [9.17, 15) is 30.3 Å². The minimum absolute atomic E-state index is 0.00777. The van der Waals surface area contributed by atoms with Gasteiger partial charge in [-0.2, -0.15) is 0 Å². The van der Waals surface area contributed by atoms with Crippen molar-refractivity contribution in [3.8, 4) is 0 Å². The van der Waals surface area contributed by atoms with Gasteiger partial charge in [-0.25, -0.2) is 0 Å². The second-order valence-corrected chi connectivity index (χ2v) is 14.2. The zero-order chi connectivity index (χ0) is 35.9. The van der Waals surface area contributed by atoms with Crippen LogP contribution in [0.15, 0.2) is 5.16 Å². The number of aliphatic hydroxyl groups is 5.